The highest BCUT2D eigenvalue weighted by Crippen LogP contribution is 2.20. The van der Waals surface area contributed by atoms with Crippen LogP contribution in [0.1, 0.15) is 104 Å². The molecule has 74 heavy (non-hydrogen) atoms. The topological polar surface area (TPSA) is 366 Å². The van der Waals surface area contributed by atoms with E-state index in [2.05, 4.69) is 42.2 Å². The normalized spacial score (nSPS) is 15.4. The maximum absolute atomic E-state index is 14.7. The fraction of sp³-hybridized carbons (Fsp3) is 0.558. The Morgan fingerprint density at radius 2 is 1.08 bits per heavy atom. The fourth-order valence-corrected chi connectivity index (χ4v) is 8.10. The molecular weight excluding hydrogens is 957 g/mol. The summed E-state index contributed by atoms with van der Waals surface area (Å²) in [6.45, 7) is 10.1. The van der Waals surface area contributed by atoms with Crippen molar-refractivity contribution in [1.29, 1.82) is 0 Å². The molecule has 22 heteroatoms. The number of amides is 7. The van der Waals surface area contributed by atoms with Crippen LogP contribution in [-0.4, -0.2) is 135 Å². The third-order valence-corrected chi connectivity index (χ3v) is 13.0. The third kappa shape index (κ3) is 19.5. The molecule has 0 aliphatic carbocycles. The summed E-state index contributed by atoms with van der Waals surface area (Å²) in [7, 11) is 0. The second-order valence-electron chi connectivity index (χ2n) is 19.3. The van der Waals surface area contributed by atoms with Crippen molar-refractivity contribution in [2.45, 2.75) is 154 Å². The minimum Gasteiger partial charge on any atom is -0.481 e. The standard InChI is InChI=1S/C52H78N10O12/c1-7-30(5)43(61-45(66)35(54)21-22-42(64)65)50(71)58-38(24-29(3)4)48(69)62-44(31(6)8-2)51(72)59-39(25-32-16-10-9-11-17-32)46(67)57-40(26-33-27-55-36-19-13-12-18-34(33)36)47(68)60-41(28-63)49(70)56-37(52(73)74)20-14-15-23-53/h9-13,16-19,27,29-31,35,37-41,43-44,55,63H,7-8,14-15,20-26,28,53-54H2,1-6H3,(H,56,70)(H,57,67)(H,58,71)(H,59,72)(H,60,68)(H,61,66)(H,62,69)(H,64,65)(H,73,74)/t30-,31-,35-,37-,38-,39-,40-,41-,43-,44-/m0/s1. The van der Waals surface area contributed by atoms with Crippen LogP contribution in [0.15, 0.2) is 60.8 Å². The molecule has 7 amide bonds. The Morgan fingerprint density at radius 3 is 1.64 bits per heavy atom. The molecule has 0 aliphatic heterocycles. The van der Waals surface area contributed by atoms with E-state index in [1.54, 1.807) is 70.3 Å². The molecule has 10 atom stereocenters. The summed E-state index contributed by atoms with van der Waals surface area (Å²) in [5, 5.41) is 48.4. The van der Waals surface area contributed by atoms with Crippen LogP contribution in [-0.2, 0) is 56.0 Å². The van der Waals surface area contributed by atoms with Gasteiger partial charge in [-0.3, -0.25) is 38.4 Å². The molecule has 0 fully saturated rings. The van der Waals surface area contributed by atoms with E-state index >= 15 is 0 Å². The zero-order chi connectivity index (χ0) is 55.1. The molecule has 15 N–H and O–H groups in total. The minimum absolute atomic E-state index is 0.0460. The summed E-state index contributed by atoms with van der Waals surface area (Å²) in [5.74, 6) is -9.17. The number of carbonyl (C=O) groups excluding carboxylic acids is 7. The summed E-state index contributed by atoms with van der Waals surface area (Å²) >= 11 is 0. The minimum atomic E-state index is -1.63. The Labute approximate surface area is 432 Å². The molecule has 3 aromatic rings. The van der Waals surface area contributed by atoms with E-state index in [-0.39, 0.29) is 44.4 Å². The number of rotatable bonds is 33. The summed E-state index contributed by atoms with van der Waals surface area (Å²) in [5.41, 5.74) is 13.5. The van der Waals surface area contributed by atoms with Crippen LogP contribution in [0.3, 0.4) is 0 Å². The number of fused-ring (bicyclic) bond motifs is 1. The molecule has 0 aliphatic rings. The lowest BCUT2D eigenvalue weighted by molar-refractivity contribution is -0.143. The quantitative estimate of drug-likeness (QED) is 0.0377. The maximum atomic E-state index is 14.7. The van der Waals surface area contributed by atoms with Crippen molar-refractivity contribution in [1.82, 2.24) is 42.2 Å². The third-order valence-electron chi connectivity index (χ3n) is 13.0. The van der Waals surface area contributed by atoms with E-state index in [1.807, 2.05) is 32.0 Å². The van der Waals surface area contributed by atoms with Crippen LogP contribution in [0, 0.1) is 17.8 Å². The van der Waals surface area contributed by atoms with Crippen LogP contribution >= 0.6 is 0 Å². The summed E-state index contributed by atoms with van der Waals surface area (Å²) < 4.78 is 0. The zero-order valence-corrected chi connectivity index (χ0v) is 43.3. The van der Waals surface area contributed by atoms with E-state index in [0.29, 0.717) is 43.4 Å². The van der Waals surface area contributed by atoms with Gasteiger partial charge in [0, 0.05) is 36.4 Å². The predicted octanol–water partition coefficient (Wildman–Crippen LogP) is 0.883. The van der Waals surface area contributed by atoms with Gasteiger partial charge in [0.25, 0.3) is 0 Å². The number of aromatic nitrogens is 1. The number of carboxylic acids is 2. The number of nitrogens with one attached hydrogen (secondary N) is 8. The van der Waals surface area contributed by atoms with Crippen molar-refractivity contribution < 1.29 is 58.5 Å². The number of hydrogen-bond acceptors (Lipinski definition) is 12. The summed E-state index contributed by atoms with van der Waals surface area (Å²) in [4.78, 5) is 124. The zero-order valence-electron chi connectivity index (χ0n) is 43.3. The molecule has 1 aromatic heterocycles. The lowest BCUT2D eigenvalue weighted by Crippen LogP contribution is -2.62. The first-order valence-corrected chi connectivity index (χ1v) is 25.4. The molecule has 0 radical (unpaired) electrons. The van der Waals surface area contributed by atoms with Gasteiger partial charge in [-0.25, -0.2) is 4.79 Å². The highest BCUT2D eigenvalue weighted by molar-refractivity contribution is 5.98. The number of benzene rings is 2. The Hall–Kier alpha value is -6.91. The van der Waals surface area contributed by atoms with Gasteiger partial charge in [-0.15, -0.1) is 0 Å². The molecular formula is C52H78N10O12. The van der Waals surface area contributed by atoms with Gasteiger partial charge in [-0.05, 0) is 73.6 Å². The number of nitrogens with two attached hydrogens (primary N) is 2. The van der Waals surface area contributed by atoms with E-state index < -0.39 is 120 Å². The number of aliphatic hydroxyl groups is 1. The maximum Gasteiger partial charge on any atom is 0.326 e. The molecule has 0 saturated heterocycles. The Morgan fingerprint density at radius 1 is 0.581 bits per heavy atom. The Balaban J connectivity index is 1.97. The van der Waals surface area contributed by atoms with Crippen molar-refractivity contribution in [2.75, 3.05) is 13.2 Å². The number of para-hydroxylation sites is 1. The largest absolute Gasteiger partial charge is 0.481 e. The van der Waals surface area contributed by atoms with E-state index in [1.165, 1.54) is 0 Å². The van der Waals surface area contributed by atoms with Gasteiger partial charge in [0.15, 0.2) is 0 Å². The summed E-state index contributed by atoms with van der Waals surface area (Å²) in [6, 6.07) is 5.35. The molecule has 0 bridgehead atoms. The van der Waals surface area contributed by atoms with Gasteiger partial charge in [-0.2, -0.15) is 0 Å². The SMILES string of the molecule is CC[C@H](C)[C@H](NC(=O)[C@H](CC(C)C)NC(=O)[C@@H](NC(=O)[C@@H](N)CCC(=O)O)[C@@H](C)CC)C(=O)N[C@@H](Cc1ccccc1)C(=O)N[C@@H](Cc1c[nH]c2ccccc12)C(=O)N[C@@H](CO)C(=O)N[C@@H](CCCCN)C(=O)O. The highest BCUT2D eigenvalue weighted by Gasteiger charge is 2.37. The number of aromatic amines is 1. The molecule has 3 rings (SSSR count). The molecule has 0 spiro atoms. The van der Waals surface area contributed by atoms with Crippen LogP contribution in [0.5, 0.6) is 0 Å². The fourth-order valence-electron chi connectivity index (χ4n) is 8.10. The van der Waals surface area contributed by atoms with Crippen molar-refractivity contribution in [3.8, 4) is 0 Å². The Kier molecular flexibility index (Phi) is 25.7. The molecule has 1 heterocycles. The smallest absolute Gasteiger partial charge is 0.326 e. The number of carboxylic acid groups (broad SMARTS) is 2. The van der Waals surface area contributed by atoms with E-state index in [0.717, 1.165) is 10.9 Å². The van der Waals surface area contributed by atoms with Crippen molar-refractivity contribution in [2.24, 2.45) is 29.2 Å². The molecule has 22 nitrogen and oxygen atoms in total. The Bertz CT molecular complexity index is 2350. The van der Waals surface area contributed by atoms with E-state index in [4.69, 9.17) is 16.6 Å². The number of carbonyl (C=O) groups is 9. The van der Waals surface area contributed by atoms with Gasteiger partial charge in [0.2, 0.25) is 41.4 Å². The first kappa shape index (κ1) is 61.4. The van der Waals surface area contributed by atoms with Crippen molar-refractivity contribution >= 4 is 64.2 Å². The van der Waals surface area contributed by atoms with E-state index in [9.17, 15) is 53.4 Å². The van der Waals surface area contributed by atoms with Gasteiger partial charge in [-0.1, -0.05) is 103 Å². The lowest BCUT2D eigenvalue weighted by Gasteiger charge is -2.31. The van der Waals surface area contributed by atoms with Gasteiger partial charge >= 0.3 is 11.9 Å². The number of aliphatic carboxylic acids is 2. The molecule has 2 aromatic carbocycles. The predicted molar refractivity (Wildman–Crippen MR) is 277 cm³/mol. The van der Waals surface area contributed by atoms with Gasteiger partial charge < -0.3 is 69.0 Å². The highest BCUT2D eigenvalue weighted by atomic mass is 16.4. The average molecular weight is 1040 g/mol. The first-order chi connectivity index (χ1) is 35.1. The number of hydrogen-bond donors (Lipinski definition) is 13. The van der Waals surface area contributed by atoms with Crippen LogP contribution in [0.4, 0.5) is 0 Å². The average Bonchev–Trinajstić information content (AvgIpc) is 3.78. The number of H-pyrrole nitrogens is 1. The second kappa shape index (κ2) is 31.0. The first-order valence-electron chi connectivity index (χ1n) is 25.4. The number of unbranched alkanes of at least 4 members (excludes halogenated alkanes) is 1. The molecule has 0 unspecified atom stereocenters. The summed E-state index contributed by atoms with van der Waals surface area (Å²) in [6.07, 6.45) is 2.80. The van der Waals surface area contributed by atoms with Crippen molar-refractivity contribution in [3.05, 3.63) is 71.9 Å². The molecule has 0 saturated carbocycles. The number of aliphatic hydroxyl groups excluding tert-OH is 1. The monoisotopic (exact) mass is 1030 g/mol. The van der Waals surface area contributed by atoms with Gasteiger partial charge in [0.1, 0.15) is 42.3 Å². The lowest BCUT2D eigenvalue weighted by atomic mass is 9.94. The van der Waals surface area contributed by atoms with Gasteiger partial charge in [0.05, 0.1) is 12.6 Å². The molecule has 408 valence electrons. The van der Waals surface area contributed by atoms with Crippen LogP contribution in [0.2, 0.25) is 0 Å². The second-order valence-corrected chi connectivity index (χ2v) is 19.3. The van der Waals surface area contributed by atoms with Crippen LogP contribution < -0.4 is 48.7 Å². The van der Waals surface area contributed by atoms with Crippen molar-refractivity contribution in [3.63, 3.8) is 0 Å². The van der Waals surface area contributed by atoms with Crippen LogP contribution in [0.25, 0.3) is 10.9 Å².